The van der Waals surface area contributed by atoms with E-state index >= 15 is 0 Å². The number of amides is 1. The van der Waals surface area contributed by atoms with Crippen molar-refractivity contribution in [1.29, 1.82) is 0 Å². The van der Waals surface area contributed by atoms with Crippen LogP contribution in [0.2, 0.25) is 0 Å². The Balaban J connectivity index is 2.03. The van der Waals surface area contributed by atoms with E-state index in [0.717, 1.165) is 0 Å². The molecule has 0 unspecified atom stereocenters. The summed E-state index contributed by atoms with van der Waals surface area (Å²) in [6.07, 6.45) is -10.3. The molecule has 1 N–H and O–H groups in total. The second-order valence-electron chi connectivity index (χ2n) is 6.14. The van der Waals surface area contributed by atoms with Crippen molar-refractivity contribution >= 4 is 29.1 Å². The standard InChI is InChI=1S/C19H8ClF6NO3/c20-13-14(16(29)12-4-2-1-3-11(12)15(13)28)27-17(30)8-5-9(18(21,22)23)7-10(6-8)19(24,25)26/h1-7H,(H,27,30). The third-order valence-corrected chi connectivity index (χ3v) is 4.51. The summed E-state index contributed by atoms with van der Waals surface area (Å²) in [5.74, 6) is -3.21. The van der Waals surface area contributed by atoms with E-state index in [1.165, 1.54) is 24.3 Å². The van der Waals surface area contributed by atoms with Gasteiger partial charge in [-0.3, -0.25) is 14.4 Å². The van der Waals surface area contributed by atoms with Crippen LogP contribution in [0, 0.1) is 0 Å². The van der Waals surface area contributed by atoms with E-state index in [0.29, 0.717) is 0 Å². The highest BCUT2D eigenvalue weighted by Crippen LogP contribution is 2.36. The Morgan fingerprint density at radius 1 is 0.800 bits per heavy atom. The molecule has 0 spiro atoms. The molecule has 2 aromatic carbocycles. The first-order chi connectivity index (χ1) is 13.8. The Labute approximate surface area is 169 Å². The smallest absolute Gasteiger partial charge is 0.317 e. The zero-order valence-electron chi connectivity index (χ0n) is 14.4. The molecule has 1 aliphatic carbocycles. The van der Waals surface area contributed by atoms with E-state index < -0.39 is 57.2 Å². The zero-order valence-corrected chi connectivity index (χ0v) is 15.2. The molecule has 0 heterocycles. The SMILES string of the molecule is O=C(NC1=C(Cl)C(=O)c2ccccc2C1=O)c1cc(C(F)(F)F)cc(C(F)(F)F)c1. The summed E-state index contributed by atoms with van der Waals surface area (Å²) in [6, 6.07) is 5.69. The first kappa shape index (κ1) is 21.6. The summed E-state index contributed by atoms with van der Waals surface area (Å²) in [4.78, 5) is 37.2. The lowest BCUT2D eigenvalue weighted by Crippen LogP contribution is -2.33. The van der Waals surface area contributed by atoms with Gasteiger partial charge in [-0.1, -0.05) is 35.9 Å². The fourth-order valence-corrected chi connectivity index (χ4v) is 2.96. The lowest BCUT2D eigenvalue weighted by molar-refractivity contribution is -0.143. The van der Waals surface area contributed by atoms with Crippen LogP contribution in [-0.4, -0.2) is 17.5 Å². The van der Waals surface area contributed by atoms with Gasteiger partial charge in [0.05, 0.1) is 11.1 Å². The second-order valence-corrected chi connectivity index (χ2v) is 6.52. The normalized spacial score (nSPS) is 14.6. The summed E-state index contributed by atoms with van der Waals surface area (Å²) in [5.41, 5.74) is -5.35. The van der Waals surface area contributed by atoms with Gasteiger partial charge in [-0.05, 0) is 18.2 Å². The molecule has 0 saturated carbocycles. The molecule has 0 saturated heterocycles. The fourth-order valence-electron chi connectivity index (χ4n) is 2.73. The van der Waals surface area contributed by atoms with Crippen molar-refractivity contribution in [2.75, 3.05) is 0 Å². The van der Waals surface area contributed by atoms with Crippen molar-refractivity contribution < 1.29 is 40.7 Å². The second kappa shape index (κ2) is 7.28. The topological polar surface area (TPSA) is 63.2 Å². The predicted octanol–water partition coefficient (Wildman–Crippen LogP) is 4.98. The average Bonchev–Trinajstić information content (AvgIpc) is 2.67. The molecule has 1 amide bonds. The Morgan fingerprint density at radius 2 is 1.27 bits per heavy atom. The number of ketones is 2. The molecule has 1 aliphatic rings. The summed E-state index contributed by atoms with van der Waals surface area (Å²) < 4.78 is 77.8. The number of benzene rings is 2. The van der Waals surface area contributed by atoms with Gasteiger partial charge in [0.2, 0.25) is 11.6 Å². The molecule has 2 aromatic rings. The van der Waals surface area contributed by atoms with Crippen LogP contribution in [0.15, 0.2) is 53.2 Å². The first-order valence-electron chi connectivity index (χ1n) is 7.99. The van der Waals surface area contributed by atoms with Gasteiger partial charge < -0.3 is 5.32 Å². The van der Waals surface area contributed by atoms with E-state index in [2.05, 4.69) is 0 Å². The average molecular weight is 448 g/mol. The maximum Gasteiger partial charge on any atom is 0.416 e. The number of hydrogen-bond acceptors (Lipinski definition) is 3. The first-order valence-corrected chi connectivity index (χ1v) is 8.37. The number of alkyl halides is 6. The molecule has 11 heteroatoms. The Kier molecular flexibility index (Phi) is 5.23. The monoisotopic (exact) mass is 447 g/mol. The number of Topliss-reactive ketones (excluding diaryl/α,β-unsaturated/α-hetero) is 2. The van der Waals surface area contributed by atoms with Crippen molar-refractivity contribution in [3.63, 3.8) is 0 Å². The number of rotatable bonds is 2. The van der Waals surface area contributed by atoms with E-state index in [1.54, 1.807) is 0 Å². The predicted molar refractivity (Wildman–Crippen MR) is 91.9 cm³/mol. The highest BCUT2D eigenvalue weighted by Gasteiger charge is 2.38. The van der Waals surface area contributed by atoms with Crippen molar-refractivity contribution in [2.45, 2.75) is 12.4 Å². The maximum atomic E-state index is 13.0. The van der Waals surface area contributed by atoms with E-state index in [9.17, 15) is 40.7 Å². The molecule has 0 fully saturated rings. The Morgan fingerprint density at radius 3 is 1.73 bits per heavy atom. The van der Waals surface area contributed by atoms with E-state index in [4.69, 9.17) is 11.6 Å². The van der Waals surface area contributed by atoms with Crippen LogP contribution in [0.5, 0.6) is 0 Å². The van der Waals surface area contributed by atoms with Crippen molar-refractivity contribution in [3.8, 4) is 0 Å². The molecular formula is C19H8ClF6NO3. The largest absolute Gasteiger partial charge is 0.416 e. The summed E-state index contributed by atoms with van der Waals surface area (Å²) in [7, 11) is 0. The van der Waals surface area contributed by atoms with Crippen LogP contribution in [0.4, 0.5) is 26.3 Å². The van der Waals surface area contributed by atoms with Crippen LogP contribution in [0.1, 0.15) is 42.2 Å². The molecule has 0 aliphatic heterocycles. The Bertz CT molecular complexity index is 1090. The lowest BCUT2D eigenvalue weighted by atomic mass is 9.92. The van der Waals surface area contributed by atoms with Gasteiger partial charge in [0, 0.05) is 16.7 Å². The minimum absolute atomic E-state index is 0.0519. The van der Waals surface area contributed by atoms with Gasteiger partial charge in [0.1, 0.15) is 10.7 Å². The van der Waals surface area contributed by atoms with Crippen LogP contribution in [-0.2, 0) is 12.4 Å². The van der Waals surface area contributed by atoms with Crippen molar-refractivity contribution in [3.05, 3.63) is 81.0 Å². The van der Waals surface area contributed by atoms with Gasteiger partial charge in [0.15, 0.2) is 0 Å². The molecule has 156 valence electrons. The van der Waals surface area contributed by atoms with Crippen LogP contribution in [0.3, 0.4) is 0 Å². The van der Waals surface area contributed by atoms with Crippen LogP contribution >= 0.6 is 11.6 Å². The third-order valence-electron chi connectivity index (χ3n) is 4.15. The van der Waals surface area contributed by atoms with E-state index in [-0.39, 0.29) is 29.3 Å². The summed E-state index contributed by atoms with van der Waals surface area (Å²) in [6.45, 7) is 0. The number of hydrogen-bond donors (Lipinski definition) is 1. The van der Waals surface area contributed by atoms with Crippen LogP contribution < -0.4 is 5.32 Å². The quantitative estimate of drug-likeness (QED) is 0.660. The number of allylic oxidation sites excluding steroid dienone is 2. The summed E-state index contributed by atoms with van der Waals surface area (Å²) in [5, 5.41) is 1.15. The van der Waals surface area contributed by atoms with Gasteiger partial charge in [-0.2, -0.15) is 26.3 Å². The minimum Gasteiger partial charge on any atom is -0.317 e. The molecule has 3 rings (SSSR count). The highest BCUT2D eigenvalue weighted by atomic mass is 35.5. The molecule has 30 heavy (non-hydrogen) atoms. The molecule has 0 bridgehead atoms. The van der Waals surface area contributed by atoms with Gasteiger partial charge in [0.25, 0.3) is 5.91 Å². The maximum absolute atomic E-state index is 13.0. The van der Waals surface area contributed by atoms with Crippen LogP contribution in [0.25, 0.3) is 0 Å². The number of carbonyl (C=O) groups excluding carboxylic acids is 3. The third kappa shape index (κ3) is 3.95. The number of carbonyl (C=O) groups is 3. The molecular weight excluding hydrogens is 440 g/mol. The van der Waals surface area contributed by atoms with Gasteiger partial charge in [-0.15, -0.1) is 0 Å². The highest BCUT2D eigenvalue weighted by molar-refractivity contribution is 6.50. The van der Waals surface area contributed by atoms with E-state index in [1.807, 2.05) is 5.32 Å². The Hall–Kier alpha value is -3.14. The molecule has 4 nitrogen and oxygen atoms in total. The zero-order chi connectivity index (χ0) is 22.4. The lowest BCUT2D eigenvalue weighted by Gasteiger charge is -2.19. The van der Waals surface area contributed by atoms with Crippen molar-refractivity contribution in [2.24, 2.45) is 0 Å². The minimum atomic E-state index is -5.16. The number of fused-ring (bicyclic) bond motifs is 1. The number of nitrogens with one attached hydrogen (secondary N) is 1. The van der Waals surface area contributed by atoms with Gasteiger partial charge >= 0.3 is 12.4 Å². The summed E-state index contributed by atoms with van der Waals surface area (Å²) >= 11 is 5.83. The molecule has 0 atom stereocenters. The molecule has 0 radical (unpaired) electrons. The number of halogens is 7. The van der Waals surface area contributed by atoms with Crippen molar-refractivity contribution in [1.82, 2.24) is 5.32 Å². The molecule has 0 aromatic heterocycles. The van der Waals surface area contributed by atoms with Gasteiger partial charge in [-0.25, -0.2) is 0 Å². The fraction of sp³-hybridized carbons (Fsp3) is 0.105.